The predicted molar refractivity (Wildman–Crippen MR) is 350 cm³/mol. The minimum atomic E-state index is -4.37. The van der Waals surface area contributed by atoms with Gasteiger partial charge in [0, 0.05) is 6.42 Å². The maximum atomic E-state index is 13.0. The van der Waals surface area contributed by atoms with Crippen molar-refractivity contribution in [3.8, 4) is 0 Å². The Balaban J connectivity index is 4.22. The average Bonchev–Trinajstić information content (AvgIpc) is 3.42. The minimum Gasteiger partial charge on any atom is -0.387 e. The minimum absolute atomic E-state index is 0.0476. The number of allylic oxidation sites excluding steroid dienone is 17. The SMILES string of the molecule is CC/C=C\C/C=C\C/C=C\C/C=C\C/C=C\C/C=C\CCCCCCCCCCCCC(=O)NC(COP(=O)(O)OCC[N+](C)(C)C)C(O)/C=C/CC/C=C/CC/C=C/CCCCCCCCCCCCCCCCCCCCC. The lowest BCUT2D eigenvalue weighted by atomic mass is 10.0. The number of aliphatic hydroxyl groups is 1. The van der Waals surface area contributed by atoms with Crippen LogP contribution in [-0.4, -0.2) is 73.4 Å². The lowest BCUT2D eigenvalue weighted by molar-refractivity contribution is -0.870. The van der Waals surface area contributed by atoms with Gasteiger partial charge in [-0.25, -0.2) is 4.57 Å². The largest absolute Gasteiger partial charge is 0.472 e. The van der Waals surface area contributed by atoms with Crippen LogP contribution in [0.25, 0.3) is 0 Å². The Kier molecular flexibility index (Phi) is 58.6. The quantitative estimate of drug-likeness (QED) is 0.0243. The van der Waals surface area contributed by atoms with E-state index >= 15 is 0 Å². The molecule has 0 radical (unpaired) electrons. The van der Waals surface area contributed by atoms with Crippen molar-refractivity contribution in [2.24, 2.45) is 0 Å². The van der Waals surface area contributed by atoms with Crippen molar-refractivity contribution in [1.82, 2.24) is 5.32 Å². The fourth-order valence-electron chi connectivity index (χ4n) is 9.31. The van der Waals surface area contributed by atoms with Gasteiger partial charge in [0.25, 0.3) is 0 Å². The van der Waals surface area contributed by atoms with Crippen LogP contribution in [0.2, 0.25) is 0 Å². The Morgan fingerprint density at radius 2 is 0.762 bits per heavy atom. The molecule has 0 aliphatic rings. The second-order valence-electron chi connectivity index (χ2n) is 23.4. The van der Waals surface area contributed by atoms with Gasteiger partial charge in [0.05, 0.1) is 39.9 Å². The highest BCUT2D eigenvalue weighted by atomic mass is 31.2. The van der Waals surface area contributed by atoms with Crippen LogP contribution in [0.4, 0.5) is 0 Å². The van der Waals surface area contributed by atoms with E-state index in [9.17, 15) is 19.4 Å². The van der Waals surface area contributed by atoms with Crippen molar-refractivity contribution in [1.29, 1.82) is 0 Å². The van der Waals surface area contributed by atoms with E-state index in [1.807, 2.05) is 27.2 Å². The number of amides is 1. The summed E-state index contributed by atoms with van der Waals surface area (Å²) >= 11 is 0. The number of quaternary nitrogens is 1. The lowest BCUT2D eigenvalue weighted by Crippen LogP contribution is -2.45. The van der Waals surface area contributed by atoms with Crippen LogP contribution < -0.4 is 5.32 Å². The summed E-state index contributed by atoms with van der Waals surface area (Å²) in [4.78, 5) is 23.4. The van der Waals surface area contributed by atoms with Crippen LogP contribution in [0.15, 0.2) is 109 Å². The number of unbranched alkanes of at least 4 members (excludes halogenated alkanes) is 31. The predicted octanol–water partition coefficient (Wildman–Crippen LogP) is 21.1. The molecule has 0 bridgehead atoms. The van der Waals surface area contributed by atoms with Gasteiger partial charge in [0.2, 0.25) is 5.91 Å². The number of nitrogens with one attached hydrogen (secondary N) is 1. The molecule has 0 aliphatic carbocycles. The number of carbonyl (C=O) groups excluding carboxylic acids is 1. The van der Waals surface area contributed by atoms with E-state index in [0.29, 0.717) is 17.4 Å². The molecule has 0 spiro atoms. The molecule has 0 aliphatic heterocycles. The average molecular weight is 1140 g/mol. The van der Waals surface area contributed by atoms with Gasteiger partial charge in [-0.2, -0.15) is 0 Å². The standard InChI is InChI=1S/C71H127N2O6P/c1-6-8-10-12-14-16-18-20-22-24-26-28-30-32-34-36-38-40-42-44-46-48-50-52-54-56-58-60-62-64-70(74)69(68-79-80(76,77)78-67-66-73(3,4)5)72-71(75)65-63-61-59-57-55-53-51-49-47-45-43-41-39-37-35-33-31-29-27-25-23-21-19-17-15-13-11-9-7-2/h9,11,15,17,21,23,27,29,33,35,39,41,46,48,54,56,62,64,69-70,74H,6-8,10,12-14,16,18-20,22,24-26,28,30-32,34,36-38,40,42-45,47,49-53,55,57-61,63,65-68H2,1-5H3,(H-,72,75,76,77)/p+1/b11-9-,17-15-,23-21-,29-27-,35-33-,41-39-,48-46+,56-54+,64-62+. The molecule has 3 N–H and O–H groups in total. The van der Waals surface area contributed by atoms with Crippen molar-refractivity contribution in [2.75, 3.05) is 40.9 Å². The number of aliphatic hydroxyl groups excluding tert-OH is 1. The Labute approximate surface area is 495 Å². The molecule has 462 valence electrons. The maximum Gasteiger partial charge on any atom is 0.472 e. The topological polar surface area (TPSA) is 105 Å². The first-order valence-electron chi connectivity index (χ1n) is 33.3. The number of phosphoric acid groups is 1. The number of phosphoric ester groups is 1. The fraction of sp³-hybridized carbons (Fsp3) is 0.732. The molecule has 0 rings (SSSR count). The van der Waals surface area contributed by atoms with E-state index in [-0.39, 0.29) is 19.1 Å². The Hall–Kier alpha value is -2.84. The molecule has 0 aromatic heterocycles. The Morgan fingerprint density at radius 3 is 1.15 bits per heavy atom. The van der Waals surface area contributed by atoms with Crippen LogP contribution in [0, 0.1) is 0 Å². The van der Waals surface area contributed by atoms with Crippen molar-refractivity contribution in [2.45, 2.75) is 296 Å². The third-order valence-electron chi connectivity index (χ3n) is 14.5. The van der Waals surface area contributed by atoms with Crippen molar-refractivity contribution < 1.29 is 32.9 Å². The molecule has 3 atom stereocenters. The third kappa shape index (κ3) is 62.8. The summed E-state index contributed by atoms with van der Waals surface area (Å²) in [5, 5.41) is 14.0. The smallest absolute Gasteiger partial charge is 0.387 e. The highest BCUT2D eigenvalue weighted by molar-refractivity contribution is 7.47. The summed E-state index contributed by atoms with van der Waals surface area (Å²) in [6.07, 6.45) is 89.4. The van der Waals surface area contributed by atoms with E-state index in [4.69, 9.17) is 9.05 Å². The van der Waals surface area contributed by atoms with E-state index in [0.717, 1.165) is 89.9 Å². The molecule has 0 aromatic rings. The van der Waals surface area contributed by atoms with Crippen LogP contribution in [0.3, 0.4) is 0 Å². The summed E-state index contributed by atoms with van der Waals surface area (Å²) in [6.45, 7) is 4.69. The molecular weight excluding hydrogens is 1010 g/mol. The van der Waals surface area contributed by atoms with Gasteiger partial charge >= 0.3 is 7.82 Å². The van der Waals surface area contributed by atoms with Crippen LogP contribution in [-0.2, 0) is 18.4 Å². The van der Waals surface area contributed by atoms with Crippen LogP contribution in [0.1, 0.15) is 284 Å². The Morgan fingerprint density at radius 1 is 0.438 bits per heavy atom. The molecule has 9 heteroatoms. The summed E-state index contributed by atoms with van der Waals surface area (Å²) in [5.74, 6) is -0.198. The summed E-state index contributed by atoms with van der Waals surface area (Å²) < 4.78 is 23.8. The zero-order valence-corrected chi connectivity index (χ0v) is 53.7. The number of hydrogen-bond donors (Lipinski definition) is 3. The fourth-order valence-corrected chi connectivity index (χ4v) is 10.1. The Bertz CT molecular complexity index is 1670. The van der Waals surface area contributed by atoms with Gasteiger partial charge in [0.15, 0.2) is 0 Å². The molecule has 0 heterocycles. The lowest BCUT2D eigenvalue weighted by Gasteiger charge is -2.25. The molecule has 0 saturated carbocycles. The number of nitrogens with zero attached hydrogens (tertiary/aromatic N) is 1. The normalized spacial score (nSPS) is 14.4. The van der Waals surface area contributed by atoms with E-state index in [1.165, 1.54) is 173 Å². The summed E-state index contributed by atoms with van der Waals surface area (Å²) in [6, 6.07) is -0.882. The van der Waals surface area contributed by atoms with E-state index in [2.05, 4.69) is 116 Å². The maximum absolute atomic E-state index is 13.0. The highest BCUT2D eigenvalue weighted by Gasteiger charge is 2.27. The van der Waals surface area contributed by atoms with Crippen LogP contribution >= 0.6 is 7.82 Å². The number of hydrogen-bond acceptors (Lipinski definition) is 5. The van der Waals surface area contributed by atoms with Crippen molar-refractivity contribution in [3.63, 3.8) is 0 Å². The number of rotatable bonds is 60. The van der Waals surface area contributed by atoms with Gasteiger partial charge in [0.1, 0.15) is 13.2 Å². The summed E-state index contributed by atoms with van der Waals surface area (Å²) in [5.41, 5.74) is 0. The van der Waals surface area contributed by atoms with Crippen molar-refractivity contribution >= 4 is 13.7 Å². The molecular formula is C71H128N2O6P+. The molecule has 1 amide bonds. The number of carbonyl (C=O) groups is 1. The van der Waals surface area contributed by atoms with Crippen LogP contribution in [0.5, 0.6) is 0 Å². The first-order valence-corrected chi connectivity index (χ1v) is 34.8. The van der Waals surface area contributed by atoms with E-state index < -0.39 is 20.0 Å². The molecule has 0 aromatic carbocycles. The molecule has 0 saturated heterocycles. The second kappa shape index (κ2) is 60.7. The van der Waals surface area contributed by atoms with Gasteiger partial charge in [-0.15, -0.1) is 0 Å². The summed E-state index contributed by atoms with van der Waals surface area (Å²) in [7, 11) is 1.53. The van der Waals surface area contributed by atoms with Gasteiger partial charge in [-0.1, -0.05) is 290 Å². The van der Waals surface area contributed by atoms with Crippen molar-refractivity contribution in [3.05, 3.63) is 109 Å². The molecule has 3 unspecified atom stereocenters. The first-order chi connectivity index (χ1) is 39.0. The van der Waals surface area contributed by atoms with Gasteiger partial charge < -0.3 is 19.8 Å². The second-order valence-corrected chi connectivity index (χ2v) is 24.9. The highest BCUT2D eigenvalue weighted by Crippen LogP contribution is 2.43. The molecule has 0 fully saturated rings. The monoisotopic (exact) mass is 1140 g/mol. The van der Waals surface area contributed by atoms with Gasteiger partial charge in [-0.3, -0.25) is 13.8 Å². The third-order valence-corrected chi connectivity index (χ3v) is 15.4. The molecule has 8 nitrogen and oxygen atoms in total. The number of likely N-dealkylation sites (N-methyl/N-ethyl adjacent to an activating group) is 1. The van der Waals surface area contributed by atoms with Gasteiger partial charge in [-0.05, 0) is 96.3 Å². The zero-order valence-electron chi connectivity index (χ0n) is 52.8. The molecule has 80 heavy (non-hydrogen) atoms. The first kappa shape index (κ1) is 77.2. The zero-order chi connectivity index (χ0) is 58.4. The van der Waals surface area contributed by atoms with E-state index in [1.54, 1.807) is 6.08 Å².